The monoisotopic (exact) mass is 291 g/mol. The van der Waals surface area contributed by atoms with Crippen LogP contribution in [0.2, 0.25) is 5.02 Å². The van der Waals surface area contributed by atoms with Gasteiger partial charge in [0.25, 0.3) is 0 Å². The Morgan fingerprint density at radius 2 is 1.85 bits per heavy atom. The molecule has 1 atom stereocenters. The molecule has 0 radical (unpaired) electrons. The van der Waals surface area contributed by atoms with Crippen molar-refractivity contribution in [3.8, 4) is 0 Å². The molecule has 1 N–H and O–H groups in total. The highest BCUT2D eigenvalue weighted by Crippen LogP contribution is 2.18. The molecule has 0 amide bonds. The zero-order valence-corrected chi connectivity index (χ0v) is 12.3. The predicted molar refractivity (Wildman–Crippen MR) is 82.5 cm³/mol. The van der Waals surface area contributed by atoms with E-state index in [1.807, 2.05) is 18.2 Å². The highest BCUT2D eigenvalue weighted by atomic mass is 35.5. The fraction of sp³-hybridized carbons (Fsp3) is 0.294. The van der Waals surface area contributed by atoms with E-state index >= 15 is 0 Å². The summed E-state index contributed by atoms with van der Waals surface area (Å²) in [5, 5.41) is 3.81. The Kier molecular flexibility index (Phi) is 5.57. The Balaban J connectivity index is 1.82. The van der Waals surface area contributed by atoms with Crippen LogP contribution >= 0.6 is 11.6 Å². The number of benzene rings is 2. The van der Waals surface area contributed by atoms with Gasteiger partial charge in [-0.15, -0.1) is 0 Å². The Morgan fingerprint density at radius 3 is 2.55 bits per heavy atom. The summed E-state index contributed by atoms with van der Waals surface area (Å²) in [5.74, 6) is -0.250. The summed E-state index contributed by atoms with van der Waals surface area (Å²) in [6.07, 6.45) is 2.02. The minimum Gasteiger partial charge on any atom is -0.310 e. The summed E-state index contributed by atoms with van der Waals surface area (Å²) >= 11 is 6.01. The van der Waals surface area contributed by atoms with Gasteiger partial charge < -0.3 is 5.32 Å². The minimum atomic E-state index is -0.250. The zero-order chi connectivity index (χ0) is 14.4. The van der Waals surface area contributed by atoms with Crippen LogP contribution in [0.3, 0.4) is 0 Å². The van der Waals surface area contributed by atoms with E-state index in [9.17, 15) is 4.39 Å². The Morgan fingerprint density at radius 1 is 1.10 bits per heavy atom. The summed E-state index contributed by atoms with van der Waals surface area (Å²) in [6.45, 7) is 2.57. The third-order valence-electron chi connectivity index (χ3n) is 3.40. The normalized spacial score (nSPS) is 12.3. The fourth-order valence-electron chi connectivity index (χ4n) is 2.11. The molecule has 2 aromatic carbocycles. The van der Waals surface area contributed by atoms with Crippen molar-refractivity contribution in [2.45, 2.75) is 32.4 Å². The van der Waals surface area contributed by atoms with Crippen LogP contribution in [0.4, 0.5) is 4.39 Å². The number of hydrogen-bond acceptors (Lipinski definition) is 1. The molecule has 0 saturated carbocycles. The van der Waals surface area contributed by atoms with E-state index in [0.717, 1.165) is 12.8 Å². The molecule has 0 aliphatic carbocycles. The van der Waals surface area contributed by atoms with Crippen molar-refractivity contribution >= 4 is 11.6 Å². The van der Waals surface area contributed by atoms with Gasteiger partial charge in [-0.05, 0) is 37.5 Å². The highest BCUT2D eigenvalue weighted by molar-refractivity contribution is 6.31. The van der Waals surface area contributed by atoms with Gasteiger partial charge in [0, 0.05) is 23.2 Å². The third kappa shape index (κ3) is 4.32. The lowest BCUT2D eigenvalue weighted by Gasteiger charge is -2.15. The molecule has 1 unspecified atom stereocenters. The zero-order valence-electron chi connectivity index (χ0n) is 11.6. The molecular weight excluding hydrogens is 273 g/mol. The molecule has 3 heteroatoms. The van der Waals surface area contributed by atoms with Gasteiger partial charge in [0.2, 0.25) is 0 Å². The summed E-state index contributed by atoms with van der Waals surface area (Å²) in [6, 6.07) is 15.5. The van der Waals surface area contributed by atoms with E-state index in [1.54, 1.807) is 12.1 Å². The van der Waals surface area contributed by atoms with Crippen LogP contribution in [0.1, 0.15) is 24.5 Å². The maximum Gasteiger partial charge on any atom is 0.129 e. The Labute approximate surface area is 124 Å². The van der Waals surface area contributed by atoms with E-state index in [-0.39, 0.29) is 5.82 Å². The summed E-state index contributed by atoms with van der Waals surface area (Å²) in [7, 11) is 0. The van der Waals surface area contributed by atoms with Crippen molar-refractivity contribution in [2.24, 2.45) is 0 Å². The fourth-order valence-corrected chi connectivity index (χ4v) is 2.34. The van der Waals surface area contributed by atoms with E-state index in [4.69, 9.17) is 11.6 Å². The van der Waals surface area contributed by atoms with Gasteiger partial charge in [0.05, 0.1) is 0 Å². The van der Waals surface area contributed by atoms with Crippen molar-refractivity contribution in [3.05, 3.63) is 70.5 Å². The van der Waals surface area contributed by atoms with Gasteiger partial charge in [0.1, 0.15) is 5.82 Å². The lowest BCUT2D eigenvalue weighted by atomic mass is 10.1. The van der Waals surface area contributed by atoms with Gasteiger partial charge in [-0.25, -0.2) is 4.39 Å². The molecule has 20 heavy (non-hydrogen) atoms. The maximum atomic E-state index is 13.6. The average Bonchev–Trinajstić information content (AvgIpc) is 2.46. The molecule has 0 heterocycles. The van der Waals surface area contributed by atoms with Gasteiger partial charge in [-0.2, -0.15) is 0 Å². The average molecular weight is 292 g/mol. The molecule has 0 fully saturated rings. The van der Waals surface area contributed by atoms with Gasteiger partial charge in [-0.3, -0.25) is 0 Å². The number of hydrogen-bond donors (Lipinski definition) is 1. The van der Waals surface area contributed by atoms with Crippen LogP contribution in [0.5, 0.6) is 0 Å². The minimum absolute atomic E-state index is 0.250. The van der Waals surface area contributed by atoms with Crippen LogP contribution in [0, 0.1) is 5.82 Å². The highest BCUT2D eigenvalue weighted by Gasteiger charge is 2.08. The Bertz CT molecular complexity index is 522. The van der Waals surface area contributed by atoms with E-state index in [0.29, 0.717) is 23.2 Å². The molecular formula is C17H19ClFN. The molecule has 0 spiro atoms. The van der Waals surface area contributed by atoms with Crippen LogP contribution in [-0.4, -0.2) is 6.04 Å². The van der Waals surface area contributed by atoms with E-state index in [1.165, 1.54) is 11.6 Å². The SMILES string of the molecule is CC(CCc1ccccc1)NCc1c(F)cccc1Cl. The summed E-state index contributed by atoms with van der Waals surface area (Å²) in [4.78, 5) is 0. The quantitative estimate of drug-likeness (QED) is 0.821. The lowest BCUT2D eigenvalue weighted by Crippen LogP contribution is -2.26. The topological polar surface area (TPSA) is 12.0 Å². The molecule has 106 valence electrons. The molecule has 0 aliphatic heterocycles. The number of rotatable bonds is 6. The molecule has 0 aromatic heterocycles. The molecule has 1 nitrogen and oxygen atoms in total. The second-order valence-electron chi connectivity index (χ2n) is 5.01. The van der Waals surface area contributed by atoms with E-state index in [2.05, 4.69) is 24.4 Å². The molecule has 0 bridgehead atoms. The lowest BCUT2D eigenvalue weighted by molar-refractivity contribution is 0.501. The summed E-state index contributed by atoms with van der Waals surface area (Å²) < 4.78 is 13.6. The second-order valence-corrected chi connectivity index (χ2v) is 5.41. The van der Waals surface area contributed by atoms with Crippen LogP contribution in [-0.2, 0) is 13.0 Å². The van der Waals surface area contributed by atoms with Crippen molar-refractivity contribution in [1.82, 2.24) is 5.32 Å². The van der Waals surface area contributed by atoms with Crippen molar-refractivity contribution < 1.29 is 4.39 Å². The smallest absolute Gasteiger partial charge is 0.129 e. The first-order chi connectivity index (χ1) is 9.66. The second kappa shape index (κ2) is 7.41. The van der Waals surface area contributed by atoms with Gasteiger partial charge in [0.15, 0.2) is 0 Å². The Hall–Kier alpha value is -1.38. The number of nitrogens with one attached hydrogen (secondary N) is 1. The molecule has 2 aromatic rings. The maximum absolute atomic E-state index is 13.6. The molecule has 2 rings (SSSR count). The number of halogens is 2. The first-order valence-electron chi connectivity index (χ1n) is 6.87. The van der Waals surface area contributed by atoms with Gasteiger partial charge >= 0.3 is 0 Å². The van der Waals surface area contributed by atoms with Crippen LogP contribution in [0.25, 0.3) is 0 Å². The first-order valence-corrected chi connectivity index (χ1v) is 7.25. The largest absolute Gasteiger partial charge is 0.310 e. The van der Waals surface area contributed by atoms with Crippen molar-refractivity contribution in [3.63, 3.8) is 0 Å². The standard InChI is InChI=1S/C17H19ClFN/c1-13(10-11-14-6-3-2-4-7-14)20-12-15-16(18)8-5-9-17(15)19/h2-9,13,20H,10-12H2,1H3. The molecule has 0 saturated heterocycles. The van der Waals surface area contributed by atoms with Crippen molar-refractivity contribution in [1.29, 1.82) is 0 Å². The van der Waals surface area contributed by atoms with Crippen molar-refractivity contribution in [2.75, 3.05) is 0 Å². The third-order valence-corrected chi connectivity index (χ3v) is 3.75. The molecule has 0 aliphatic rings. The summed E-state index contributed by atoms with van der Waals surface area (Å²) in [5.41, 5.74) is 1.87. The number of aryl methyl sites for hydroxylation is 1. The van der Waals surface area contributed by atoms with Crippen LogP contribution in [0.15, 0.2) is 48.5 Å². The van der Waals surface area contributed by atoms with Gasteiger partial charge in [-0.1, -0.05) is 48.0 Å². The first kappa shape index (κ1) is 15.0. The predicted octanol–water partition coefficient (Wildman–Crippen LogP) is 4.59. The van der Waals surface area contributed by atoms with E-state index < -0.39 is 0 Å². The van der Waals surface area contributed by atoms with Crippen LogP contribution < -0.4 is 5.32 Å².